The van der Waals surface area contributed by atoms with Crippen LogP contribution >= 0.6 is 35.6 Å². The Morgan fingerprint density at radius 3 is 2.43 bits per heavy atom. The molecule has 2 aromatic carbocycles. The standard InChI is InChI=1S/C17H19Cl2NO2.ClH/c1-21-16-6-4-3-5-12(16)7-8-20-11-13-9-14(18)10-15(19)17(13)22-2;/h3-6,9-10,20H,7-8,11H2,1-2H3;1H. The summed E-state index contributed by atoms with van der Waals surface area (Å²) in [6, 6.07) is 11.6. The average Bonchev–Trinajstić information content (AvgIpc) is 2.51. The van der Waals surface area contributed by atoms with E-state index in [1.165, 1.54) is 5.56 Å². The molecule has 126 valence electrons. The first kappa shape index (κ1) is 19.9. The van der Waals surface area contributed by atoms with E-state index in [1.807, 2.05) is 24.3 Å². The van der Waals surface area contributed by atoms with Crippen LogP contribution in [-0.4, -0.2) is 20.8 Å². The molecule has 1 N–H and O–H groups in total. The van der Waals surface area contributed by atoms with E-state index in [4.69, 9.17) is 32.7 Å². The first-order valence-electron chi connectivity index (χ1n) is 7.00. The van der Waals surface area contributed by atoms with E-state index in [0.29, 0.717) is 22.3 Å². The Kier molecular flexibility index (Phi) is 8.56. The first-order chi connectivity index (χ1) is 10.7. The van der Waals surface area contributed by atoms with Crippen molar-refractivity contribution in [2.24, 2.45) is 0 Å². The van der Waals surface area contributed by atoms with Gasteiger partial charge in [-0.05, 0) is 36.7 Å². The molecule has 2 aromatic rings. The van der Waals surface area contributed by atoms with Crippen LogP contribution in [0.2, 0.25) is 10.0 Å². The zero-order valence-corrected chi connectivity index (χ0v) is 15.4. The van der Waals surface area contributed by atoms with Crippen molar-refractivity contribution in [3.8, 4) is 11.5 Å². The topological polar surface area (TPSA) is 30.5 Å². The lowest BCUT2D eigenvalue weighted by atomic mass is 10.1. The van der Waals surface area contributed by atoms with Gasteiger partial charge in [-0.1, -0.05) is 41.4 Å². The van der Waals surface area contributed by atoms with Gasteiger partial charge in [-0.2, -0.15) is 0 Å². The second-order valence-corrected chi connectivity index (χ2v) is 5.66. The fourth-order valence-corrected chi connectivity index (χ4v) is 2.94. The Bertz CT molecular complexity index is 635. The van der Waals surface area contributed by atoms with Crippen molar-refractivity contribution in [3.63, 3.8) is 0 Å². The molecule has 0 amide bonds. The number of ether oxygens (including phenoxy) is 2. The van der Waals surface area contributed by atoms with Gasteiger partial charge in [0, 0.05) is 17.1 Å². The molecule has 23 heavy (non-hydrogen) atoms. The van der Waals surface area contributed by atoms with E-state index in [2.05, 4.69) is 11.4 Å². The molecule has 0 radical (unpaired) electrons. The van der Waals surface area contributed by atoms with Gasteiger partial charge in [0.05, 0.1) is 19.2 Å². The monoisotopic (exact) mass is 375 g/mol. The lowest BCUT2D eigenvalue weighted by Crippen LogP contribution is -2.17. The average molecular weight is 377 g/mol. The smallest absolute Gasteiger partial charge is 0.142 e. The maximum Gasteiger partial charge on any atom is 0.142 e. The number of hydrogen-bond donors (Lipinski definition) is 1. The third-order valence-electron chi connectivity index (χ3n) is 3.37. The number of benzene rings is 2. The maximum atomic E-state index is 6.13. The van der Waals surface area contributed by atoms with Gasteiger partial charge in [0.25, 0.3) is 0 Å². The molecule has 0 aliphatic heterocycles. The molecule has 2 rings (SSSR count). The van der Waals surface area contributed by atoms with Gasteiger partial charge < -0.3 is 14.8 Å². The van der Waals surface area contributed by atoms with Gasteiger partial charge in [-0.15, -0.1) is 12.4 Å². The summed E-state index contributed by atoms with van der Waals surface area (Å²) in [6.07, 6.45) is 0.876. The molecule has 0 saturated carbocycles. The third kappa shape index (κ3) is 5.47. The second-order valence-electron chi connectivity index (χ2n) is 4.82. The van der Waals surface area contributed by atoms with Crippen LogP contribution in [0.1, 0.15) is 11.1 Å². The molecular formula is C17H20Cl3NO2. The van der Waals surface area contributed by atoms with Crippen LogP contribution in [0.15, 0.2) is 36.4 Å². The van der Waals surface area contributed by atoms with Crippen molar-refractivity contribution in [1.29, 1.82) is 0 Å². The van der Waals surface area contributed by atoms with Crippen molar-refractivity contribution < 1.29 is 9.47 Å². The number of para-hydroxylation sites is 1. The highest BCUT2D eigenvalue weighted by atomic mass is 35.5. The minimum absolute atomic E-state index is 0. The normalized spacial score (nSPS) is 10.1. The Morgan fingerprint density at radius 2 is 1.74 bits per heavy atom. The predicted octanol–water partition coefficient (Wildman–Crippen LogP) is 4.76. The van der Waals surface area contributed by atoms with E-state index in [-0.39, 0.29) is 12.4 Å². The van der Waals surface area contributed by atoms with E-state index < -0.39 is 0 Å². The SMILES string of the molecule is COc1ccccc1CCNCc1cc(Cl)cc(Cl)c1OC.Cl. The highest BCUT2D eigenvalue weighted by molar-refractivity contribution is 6.35. The quantitative estimate of drug-likeness (QED) is 0.706. The minimum Gasteiger partial charge on any atom is -0.496 e. The van der Waals surface area contributed by atoms with Crippen LogP contribution in [0.25, 0.3) is 0 Å². The largest absolute Gasteiger partial charge is 0.496 e. The summed E-state index contributed by atoms with van der Waals surface area (Å²) < 4.78 is 10.7. The van der Waals surface area contributed by atoms with E-state index in [0.717, 1.165) is 24.3 Å². The lowest BCUT2D eigenvalue weighted by molar-refractivity contribution is 0.406. The van der Waals surface area contributed by atoms with Crippen LogP contribution in [0.3, 0.4) is 0 Å². The molecule has 0 aliphatic carbocycles. The highest BCUT2D eigenvalue weighted by Crippen LogP contribution is 2.32. The van der Waals surface area contributed by atoms with Crippen molar-refractivity contribution in [2.75, 3.05) is 20.8 Å². The summed E-state index contributed by atoms with van der Waals surface area (Å²) in [7, 11) is 3.29. The van der Waals surface area contributed by atoms with Gasteiger partial charge in [0.1, 0.15) is 11.5 Å². The van der Waals surface area contributed by atoms with Gasteiger partial charge >= 0.3 is 0 Å². The van der Waals surface area contributed by atoms with Crippen LogP contribution < -0.4 is 14.8 Å². The maximum absolute atomic E-state index is 6.13. The zero-order chi connectivity index (χ0) is 15.9. The molecule has 0 unspecified atom stereocenters. The van der Waals surface area contributed by atoms with Crippen molar-refractivity contribution >= 4 is 35.6 Å². The van der Waals surface area contributed by atoms with Crippen molar-refractivity contribution in [1.82, 2.24) is 5.32 Å². The van der Waals surface area contributed by atoms with Gasteiger partial charge in [-0.25, -0.2) is 0 Å². The van der Waals surface area contributed by atoms with Crippen LogP contribution in [0.5, 0.6) is 11.5 Å². The molecule has 0 heterocycles. The molecular weight excluding hydrogens is 357 g/mol. The van der Waals surface area contributed by atoms with Crippen LogP contribution in [-0.2, 0) is 13.0 Å². The molecule has 0 atom stereocenters. The van der Waals surface area contributed by atoms with E-state index in [9.17, 15) is 0 Å². The van der Waals surface area contributed by atoms with E-state index in [1.54, 1.807) is 20.3 Å². The highest BCUT2D eigenvalue weighted by Gasteiger charge is 2.09. The Balaban J connectivity index is 0.00000264. The number of methoxy groups -OCH3 is 2. The van der Waals surface area contributed by atoms with E-state index >= 15 is 0 Å². The summed E-state index contributed by atoms with van der Waals surface area (Å²) in [5.41, 5.74) is 2.12. The molecule has 6 heteroatoms. The fraction of sp³-hybridized carbons (Fsp3) is 0.294. The summed E-state index contributed by atoms with van der Waals surface area (Å²) >= 11 is 12.2. The molecule has 0 aromatic heterocycles. The first-order valence-corrected chi connectivity index (χ1v) is 7.75. The van der Waals surface area contributed by atoms with Gasteiger partial charge in [-0.3, -0.25) is 0 Å². The van der Waals surface area contributed by atoms with Crippen molar-refractivity contribution in [2.45, 2.75) is 13.0 Å². The van der Waals surface area contributed by atoms with Crippen LogP contribution in [0.4, 0.5) is 0 Å². The molecule has 0 fully saturated rings. The molecule has 3 nitrogen and oxygen atoms in total. The zero-order valence-electron chi connectivity index (χ0n) is 13.1. The number of halogens is 3. The molecule has 0 bridgehead atoms. The fourth-order valence-electron chi connectivity index (χ4n) is 2.33. The summed E-state index contributed by atoms with van der Waals surface area (Å²) in [4.78, 5) is 0. The second kappa shape index (κ2) is 9.89. The Hall–Kier alpha value is -1.13. The number of rotatable bonds is 7. The van der Waals surface area contributed by atoms with Gasteiger partial charge in [0.2, 0.25) is 0 Å². The molecule has 0 aliphatic rings. The Morgan fingerprint density at radius 1 is 1.00 bits per heavy atom. The van der Waals surface area contributed by atoms with Gasteiger partial charge in [0.15, 0.2) is 0 Å². The number of hydrogen-bond acceptors (Lipinski definition) is 3. The summed E-state index contributed by atoms with van der Waals surface area (Å²) in [5, 5.41) is 4.51. The summed E-state index contributed by atoms with van der Waals surface area (Å²) in [6.45, 7) is 1.45. The minimum atomic E-state index is 0. The predicted molar refractivity (Wildman–Crippen MR) is 98.7 cm³/mol. The number of nitrogens with one attached hydrogen (secondary N) is 1. The van der Waals surface area contributed by atoms with Crippen molar-refractivity contribution in [3.05, 3.63) is 57.6 Å². The molecule has 0 spiro atoms. The lowest BCUT2D eigenvalue weighted by Gasteiger charge is -2.12. The molecule has 0 saturated heterocycles. The van der Waals surface area contributed by atoms with Crippen LogP contribution in [0, 0.1) is 0 Å². The Labute approximate surface area is 153 Å². The third-order valence-corrected chi connectivity index (χ3v) is 3.87. The summed E-state index contributed by atoms with van der Waals surface area (Å²) in [5.74, 6) is 1.57.